The minimum absolute atomic E-state index is 0.0178. The molecule has 2 aromatic carbocycles. The Hall–Kier alpha value is -2.64. The van der Waals surface area contributed by atoms with Crippen LogP contribution in [0.4, 0.5) is 10.8 Å². The minimum atomic E-state index is 0.0178. The maximum Gasteiger partial charge on any atom is 0.281 e. The molecule has 0 aliphatic carbocycles. The van der Waals surface area contributed by atoms with Crippen LogP contribution in [0, 0.1) is 0 Å². The second-order valence-electron chi connectivity index (χ2n) is 6.65. The van der Waals surface area contributed by atoms with Crippen LogP contribution in [0.1, 0.15) is 0 Å². The van der Waals surface area contributed by atoms with Crippen LogP contribution in [0.2, 0.25) is 0 Å². The molecule has 1 saturated heterocycles. The molecular formula is C20H23N4O2S+. The Balaban J connectivity index is 1.31. The van der Waals surface area contributed by atoms with E-state index >= 15 is 0 Å². The van der Waals surface area contributed by atoms with Crippen molar-refractivity contribution in [2.75, 3.05) is 50.1 Å². The standard InChI is InChI=1S/C20H22N4O2S/c1-26-16-7-8-17-18(13-16)27-20(21-17)22-19(25)14-23-9-11-24(12-10-23)15-5-3-2-4-6-15/h2-8,13H,9-12,14H2,1H3,(H,21,22,25)/p+1. The molecule has 6 nitrogen and oxygen atoms in total. The lowest BCUT2D eigenvalue weighted by atomic mass is 10.2. The third-order valence-corrected chi connectivity index (χ3v) is 5.78. The summed E-state index contributed by atoms with van der Waals surface area (Å²) in [5.74, 6) is 0.814. The third-order valence-electron chi connectivity index (χ3n) is 4.84. The number of hydrogen-bond donors (Lipinski definition) is 2. The van der Waals surface area contributed by atoms with Crippen LogP contribution in [0.15, 0.2) is 48.5 Å². The highest BCUT2D eigenvalue weighted by molar-refractivity contribution is 7.22. The fraction of sp³-hybridized carbons (Fsp3) is 0.300. The van der Waals surface area contributed by atoms with Gasteiger partial charge in [0.2, 0.25) is 0 Å². The van der Waals surface area contributed by atoms with E-state index in [0.717, 1.165) is 42.1 Å². The van der Waals surface area contributed by atoms with Gasteiger partial charge in [0.1, 0.15) is 5.75 Å². The van der Waals surface area contributed by atoms with Crippen LogP contribution in [-0.2, 0) is 4.79 Å². The lowest BCUT2D eigenvalue weighted by Crippen LogP contribution is -3.15. The Kier molecular flexibility index (Phi) is 5.22. The Morgan fingerprint density at radius 2 is 2.00 bits per heavy atom. The number of benzene rings is 2. The van der Waals surface area contributed by atoms with Gasteiger partial charge in [0, 0.05) is 5.69 Å². The number of methoxy groups -OCH3 is 1. The van der Waals surface area contributed by atoms with Crippen molar-refractivity contribution in [3.63, 3.8) is 0 Å². The zero-order chi connectivity index (χ0) is 18.6. The van der Waals surface area contributed by atoms with Crippen molar-refractivity contribution in [2.45, 2.75) is 0 Å². The van der Waals surface area contributed by atoms with Crippen LogP contribution in [0.5, 0.6) is 5.75 Å². The largest absolute Gasteiger partial charge is 0.497 e. The second kappa shape index (κ2) is 7.94. The van der Waals surface area contributed by atoms with Crippen molar-refractivity contribution in [1.29, 1.82) is 0 Å². The summed E-state index contributed by atoms with van der Waals surface area (Å²) in [5.41, 5.74) is 2.13. The van der Waals surface area contributed by atoms with Gasteiger partial charge in [-0.25, -0.2) is 4.98 Å². The van der Waals surface area contributed by atoms with Gasteiger partial charge < -0.3 is 14.5 Å². The number of para-hydroxylation sites is 1. The zero-order valence-corrected chi connectivity index (χ0v) is 16.1. The van der Waals surface area contributed by atoms with Crippen molar-refractivity contribution in [3.8, 4) is 5.75 Å². The highest BCUT2D eigenvalue weighted by atomic mass is 32.1. The van der Waals surface area contributed by atoms with Gasteiger partial charge in [0.25, 0.3) is 5.91 Å². The van der Waals surface area contributed by atoms with E-state index in [4.69, 9.17) is 4.74 Å². The first-order valence-electron chi connectivity index (χ1n) is 9.09. The van der Waals surface area contributed by atoms with E-state index < -0.39 is 0 Å². The number of amides is 1. The molecule has 140 valence electrons. The van der Waals surface area contributed by atoms with Gasteiger partial charge in [0.05, 0.1) is 43.5 Å². The molecule has 27 heavy (non-hydrogen) atoms. The summed E-state index contributed by atoms with van der Waals surface area (Å²) < 4.78 is 6.25. The number of aromatic nitrogens is 1. The summed E-state index contributed by atoms with van der Waals surface area (Å²) in [6.07, 6.45) is 0. The molecule has 1 fully saturated rings. The van der Waals surface area contributed by atoms with E-state index in [1.54, 1.807) is 7.11 Å². The SMILES string of the molecule is COc1ccc2nc(NC(=O)C[NH+]3CCN(c4ccccc4)CC3)sc2c1. The molecule has 0 radical (unpaired) electrons. The number of piperazine rings is 1. The number of quaternary nitrogens is 1. The average Bonchev–Trinajstić information content (AvgIpc) is 3.10. The van der Waals surface area contributed by atoms with Crippen LogP contribution in [-0.4, -0.2) is 50.7 Å². The lowest BCUT2D eigenvalue weighted by Gasteiger charge is -2.33. The first-order valence-corrected chi connectivity index (χ1v) is 9.91. The van der Waals surface area contributed by atoms with Gasteiger partial charge in [-0.3, -0.25) is 10.1 Å². The molecule has 0 bridgehead atoms. The number of carbonyl (C=O) groups is 1. The number of ether oxygens (including phenoxy) is 1. The summed E-state index contributed by atoms with van der Waals surface area (Å²) in [7, 11) is 1.64. The van der Waals surface area contributed by atoms with Gasteiger partial charge >= 0.3 is 0 Å². The fourth-order valence-electron chi connectivity index (χ4n) is 3.37. The van der Waals surface area contributed by atoms with Gasteiger partial charge in [-0.1, -0.05) is 29.5 Å². The Labute approximate surface area is 162 Å². The summed E-state index contributed by atoms with van der Waals surface area (Å²) in [5, 5.41) is 3.60. The fourth-order valence-corrected chi connectivity index (χ4v) is 4.28. The zero-order valence-electron chi connectivity index (χ0n) is 15.3. The van der Waals surface area contributed by atoms with Crippen molar-refractivity contribution in [3.05, 3.63) is 48.5 Å². The van der Waals surface area contributed by atoms with E-state index in [9.17, 15) is 4.79 Å². The Morgan fingerprint density at radius 1 is 1.22 bits per heavy atom. The molecule has 0 spiro atoms. The molecule has 1 aliphatic heterocycles. The van der Waals surface area contributed by atoms with Crippen LogP contribution in [0.25, 0.3) is 10.2 Å². The highest BCUT2D eigenvalue weighted by Crippen LogP contribution is 2.28. The first-order chi connectivity index (χ1) is 13.2. The number of nitrogens with zero attached hydrogens (tertiary/aromatic N) is 2. The number of rotatable bonds is 5. The van der Waals surface area contributed by atoms with Gasteiger partial charge in [-0.05, 0) is 30.3 Å². The number of nitrogens with one attached hydrogen (secondary N) is 2. The van der Waals surface area contributed by atoms with Crippen LogP contribution < -0.4 is 19.9 Å². The summed E-state index contributed by atoms with van der Waals surface area (Å²) in [6.45, 7) is 4.32. The number of thiazole rings is 1. The monoisotopic (exact) mass is 383 g/mol. The number of hydrogen-bond acceptors (Lipinski definition) is 5. The Morgan fingerprint density at radius 3 is 2.74 bits per heavy atom. The predicted octanol–water partition coefficient (Wildman–Crippen LogP) is 1.65. The molecule has 2 heterocycles. The number of carbonyl (C=O) groups excluding carboxylic acids is 1. The highest BCUT2D eigenvalue weighted by Gasteiger charge is 2.22. The van der Waals surface area contributed by atoms with Gasteiger partial charge in [0.15, 0.2) is 11.7 Å². The van der Waals surface area contributed by atoms with Crippen molar-refractivity contribution in [2.24, 2.45) is 0 Å². The van der Waals surface area contributed by atoms with Gasteiger partial charge in [-0.15, -0.1) is 0 Å². The van der Waals surface area contributed by atoms with E-state index in [1.807, 2.05) is 24.3 Å². The van der Waals surface area contributed by atoms with Crippen LogP contribution >= 0.6 is 11.3 Å². The van der Waals surface area contributed by atoms with E-state index in [0.29, 0.717) is 11.7 Å². The van der Waals surface area contributed by atoms with Crippen molar-refractivity contribution >= 4 is 38.3 Å². The molecule has 1 amide bonds. The van der Waals surface area contributed by atoms with Gasteiger partial charge in [-0.2, -0.15) is 0 Å². The Bertz CT molecular complexity index is 920. The maximum absolute atomic E-state index is 12.4. The van der Waals surface area contributed by atoms with Crippen molar-refractivity contribution < 1.29 is 14.4 Å². The van der Waals surface area contributed by atoms with E-state index in [-0.39, 0.29) is 5.91 Å². The normalized spacial score (nSPS) is 15.1. The predicted molar refractivity (Wildman–Crippen MR) is 109 cm³/mol. The third kappa shape index (κ3) is 4.20. The molecule has 7 heteroatoms. The van der Waals surface area contributed by atoms with Crippen molar-refractivity contribution in [1.82, 2.24) is 4.98 Å². The molecule has 0 unspecified atom stereocenters. The van der Waals surface area contributed by atoms with Crippen LogP contribution in [0.3, 0.4) is 0 Å². The van der Waals surface area contributed by atoms with E-state index in [2.05, 4.69) is 39.5 Å². The molecule has 0 atom stereocenters. The summed E-state index contributed by atoms with van der Waals surface area (Å²) >= 11 is 1.47. The summed E-state index contributed by atoms with van der Waals surface area (Å²) in [4.78, 5) is 20.6. The number of anilines is 2. The molecule has 1 aromatic heterocycles. The minimum Gasteiger partial charge on any atom is -0.497 e. The topological polar surface area (TPSA) is 58.9 Å². The molecule has 2 N–H and O–H groups in total. The molecule has 4 rings (SSSR count). The lowest BCUT2D eigenvalue weighted by molar-refractivity contribution is -0.892. The smallest absolute Gasteiger partial charge is 0.281 e. The molecule has 3 aromatic rings. The molecular weight excluding hydrogens is 360 g/mol. The summed E-state index contributed by atoms with van der Waals surface area (Å²) in [6, 6.07) is 16.2. The second-order valence-corrected chi connectivity index (χ2v) is 7.68. The molecule has 0 saturated carbocycles. The van der Waals surface area contributed by atoms with E-state index in [1.165, 1.54) is 21.9 Å². The average molecular weight is 383 g/mol. The first kappa shape index (κ1) is 17.8. The quantitative estimate of drug-likeness (QED) is 0.703. The molecule has 1 aliphatic rings. The number of fused-ring (bicyclic) bond motifs is 1. The maximum atomic E-state index is 12.4.